The van der Waals surface area contributed by atoms with E-state index < -0.39 is 6.55 Å². The van der Waals surface area contributed by atoms with E-state index in [1.807, 2.05) is 6.92 Å². The third-order valence-electron chi connectivity index (χ3n) is 1.66. The lowest BCUT2D eigenvalue weighted by Crippen LogP contribution is -1.98. The minimum Gasteiger partial charge on any atom is -0.288 e. The first-order valence-corrected chi connectivity index (χ1v) is 4.11. The summed E-state index contributed by atoms with van der Waals surface area (Å²) in [5, 5.41) is 3.52. The van der Waals surface area contributed by atoms with Crippen molar-refractivity contribution in [3.8, 4) is 0 Å². The lowest BCUT2D eigenvalue weighted by atomic mass is 10.2. The van der Waals surface area contributed by atoms with Gasteiger partial charge in [0.15, 0.2) is 0 Å². The van der Waals surface area contributed by atoms with Gasteiger partial charge < -0.3 is 0 Å². The lowest BCUT2D eigenvalue weighted by Gasteiger charge is -1.96. The molecule has 0 spiro atoms. The van der Waals surface area contributed by atoms with Gasteiger partial charge in [-0.25, -0.2) is 4.68 Å². The van der Waals surface area contributed by atoms with Crippen molar-refractivity contribution in [3.63, 3.8) is 0 Å². The molecule has 0 atom stereocenters. The molecule has 1 rings (SSSR count). The van der Waals surface area contributed by atoms with Crippen LogP contribution in [-0.4, -0.2) is 22.5 Å². The molecule has 1 aromatic heterocycles. The molecule has 5 heteroatoms. The quantitative estimate of drug-likeness (QED) is 0.687. The summed E-state index contributed by atoms with van der Waals surface area (Å²) in [6.45, 7) is -0.768. The topological polar surface area (TPSA) is 30.2 Å². The summed E-state index contributed by atoms with van der Waals surface area (Å²) in [7, 11) is 1.61. The third-order valence-corrected chi connectivity index (χ3v) is 1.66. The van der Waals surface area contributed by atoms with Gasteiger partial charge in [-0.05, 0) is 13.0 Å². The van der Waals surface area contributed by atoms with Crippen LogP contribution in [0, 0.1) is 0 Å². The second kappa shape index (κ2) is 4.64. The molecule has 0 fully saturated rings. The van der Waals surface area contributed by atoms with Crippen LogP contribution in [0.3, 0.4) is 0 Å². The van der Waals surface area contributed by atoms with E-state index in [2.05, 4.69) is 10.1 Å². The van der Waals surface area contributed by atoms with Crippen LogP contribution in [0.25, 0.3) is 0 Å². The Morgan fingerprint density at radius 2 is 2.36 bits per heavy atom. The molecule has 0 radical (unpaired) electrons. The number of rotatable bonds is 3. The molecular formula is C9H11F2N3. The number of allylic oxidation sites excluding steroid dienone is 2. The van der Waals surface area contributed by atoms with Crippen molar-refractivity contribution in [1.82, 2.24) is 9.78 Å². The molecule has 0 saturated heterocycles. The molecule has 0 aromatic carbocycles. The first-order chi connectivity index (χ1) is 6.69. The SMILES string of the molecule is C/C=C\C(=NC)c1cnn(C(F)F)c1. The van der Waals surface area contributed by atoms with Crippen molar-refractivity contribution in [1.29, 1.82) is 0 Å². The van der Waals surface area contributed by atoms with Gasteiger partial charge in [-0.2, -0.15) is 13.9 Å². The number of hydrogen-bond donors (Lipinski definition) is 0. The Bertz CT molecular complexity index is 353. The molecule has 1 heterocycles. The second-order valence-corrected chi connectivity index (χ2v) is 2.60. The number of nitrogens with zero attached hydrogens (tertiary/aromatic N) is 3. The van der Waals surface area contributed by atoms with Crippen molar-refractivity contribution < 1.29 is 8.78 Å². The maximum atomic E-state index is 12.2. The van der Waals surface area contributed by atoms with Gasteiger partial charge in [-0.1, -0.05) is 6.08 Å². The average molecular weight is 199 g/mol. The number of aliphatic imine (C=N–C) groups is 1. The summed E-state index contributed by atoms with van der Waals surface area (Å²) in [4.78, 5) is 3.95. The maximum Gasteiger partial charge on any atom is 0.333 e. The fourth-order valence-electron chi connectivity index (χ4n) is 1.03. The van der Waals surface area contributed by atoms with Crippen LogP contribution in [0.5, 0.6) is 0 Å². The fourth-order valence-corrected chi connectivity index (χ4v) is 1.03. The largest absolute Gasteiger partial charge is 0.333 e. The summed E-state index contributed by atoms with van der Waals surface area (Å²) >= 11 is 0. The Balaban J connectivity index is 2.96. The Kier molecular flexibility index (Phi) is 3.50. The molecule has 0 bridgehead atoms. The van der Waals surface area contributed by atoms with Crippen LogP contribution in [0.15, 0.2) is 29.5 Å². The molecule has 76 valence electrons. The molecule has 3 nitrogen and oxygen atoms in total. The second-order valence-electron chi connectivity index (χ2n) is 2.60. The van der Waals surface area contributed by atoms with Crippen LogP contribution in [-0.2, 0) is 0 Å². The van der Waals surface area contributed by atoms with Crippen molar-refractivity contribution >= 4 is 5.71 Å². The Hall–Kier alpha value is -1.52. The average Bonchev–Trinajstić information content (AvgIpc) is 2.63. The third kappa shape index (κ3) is 2.25. The Labute approximate surface area is 80.8 Å². The molecule has 0 amide bonds. The fraction of sp³-hybridized carbons (Fsp3) is 0.333. The van der Waals surface area contributed by atoms with E-state index in [0.717, 1.165) is 0 Å². The van der Waals surface area contributed by atoms with E-state index in [9.17, 15) is 8.78 Å². The minimum absolute atomic E-state index is 0.589. The normalized spacial score (nSPS) is 13.1. The van der Waals surface area contributed by atoms with E-state index >= 15 is 0 Å². The molecule has 1 aromatic rings. The van der Waals surface area contributed by atoms with Crippen LogP contribution in [0.1, 0.15) is 19.0 Å². The standard InChI is InChI=1S/C9H11F2N3/c1-3-4-8(12-2)7-5-13-14(6-7)9(10)11/h3-6,9H,1-2H3/b4-3-,12-8?. The van der Waals surface area contributed by atoms with Gasteiger partial charge >= 0.3 is 6.55 Å². The molecule has 0 aliphatic heterocycles. The van der Waals surface area contributed by atoms with Gasteiger partial charge in [0.1, 0.15) is 0 Å². The zero-order valence-electron chi connectivity index (χ0n) is 7.98. The summed E-state index contributed by atoms with van der Waals surface area (Å²) < 4.78 is 25.0. The molecule has 0 aliphatic carbocycles. The highest BCUT2D eigenvalue weighted by Crippen LogP contribution is 2.10. The van der Waals surface area contributed by atoms with Crippen molar-refractivity contribution in [2.75, 3.05) is 7.05 Å². The number of aromatic nitrogens is 2. The molecule has 0 unspecified atom stereocenters. The van der Waals surface area contributed by atoms with Gasteiger partial charge in [0.2, 0.25) is 0 Å². The predicted molar refractivity (Wildman–Crippen MR) is 50.8 cm³/mol. The number of alkyl halides is 2. The van der Waals surface area contributed by atoms with Crippen LogP contribution in [0.4, 0.5) is 8.78 Å². The van der Waals surface area contributed by atoms with E-state index in [-0.39, 0.29) is 0 Å². The molecule has 14 heavy (non-hydrogen) atoms. The minimum atomic E-state index is -2.60. The highest BCUT2D eigenvalue weighted by Gasteiger charge is 2.08. The van der Waals surface area contributed by atoms with E-state index in [4.69, 9.17) is 0 Å². The van der Waals surface area contributed by atoms with Crippen molar-refractivity contribution in [2.24, 2.45) is 4.99 Å². The highest BCUT2D eigenvalue weighted by atomic mass is 19.3. The molecule has 0 saturated carbocycles. The molecule has 0 N–H and O–H groups in total. The molecule has 0 aliphatic rings. The van der Waals surface area contributed by atoms with Crippen LogP contribution >= 0.6 is 0 Å². The lowest BCUT2D eigenvalue weighted by molar-refractivity contribution is 0.0566. The van der Waals surface area contributed by atoms with Gasteiger partial charge in [-0.3, -0.25) is 4.99 Å². The van der Waals surface area contributed by atoms with E-state index in [0.29, 0.717) is 16.0 Å². The van der Waals surface area contributed by atoms with Gasteiger partial charge in [0, 0.05) is 18.8 Å². The van der Waals surface area contributed by atoms with Crippen LogP contribution < -0.4 is 0 Å². The van der Waals surface area contributed by atoms with Gasteiger partial charge in [0.05, 0.1) is 11.9 Å². The van der Waals surface area contributed by atoms with E-state index in [1.165, 1.54) is 12.4 Å². The van der Waals surface area contributed by atoms with Crippen molar-refractivity contribution in [2.45, 2.75) is 13.5 Å². The summed E-state index contributed by atoms with van der Waals surface area (Å²) in [5.74, 6) is 0. The van der Waals surface area contributed by atoms with Gasteiger partial charge in [-0.15, -0.1) is 0 Å². The maximum absolute atomic E-state index is 12.2. The summed E-state index contributed by atoms with van der Waals surface area (Å²) in [6, 6.07) is 0. The smallest absolute Gasteiger partial charge is 0.288 e. The zero-order valence-corrected chi connectivity index (χ0v) is 7.98. The Morgan fingerprint density at radius 3 is 2.79 bits per heavy atom. The van der Waals surface area contributed by atoms with Crippen LogP contribution in [0.2, 0.25) is 0 Å². The Morgan fingerprint density at radius 1 is 1.64 bits per heavy atom. The monoisotopic (exact) mass is 199 g/mol. The number of halogens is 2. The molecular weight excluding hydrogens is 188 g/mol. The van der Waals surface area contributed by atoms with E-state index in [1.54, 1.807) is 19.2 Å². The highest BCUT2D eigenvalue weighted by molar-refractivity contribution is 6.08. The first-order valence-electron chi connectivity index (χ1n) is 4.11. The summed E-state index contributed by atoms with van der Waals surface area (Å²) in [6.07, 6.45) is 6.18. The zero-order chi connectivity index (χ0) is 10.6. The predicted octanol–water partition coefficient (Wildman–Crippen LogP) is 2.27. The van der Waals surface area contributed by atoms with Gasteiger partial charge in [0.25, 0.3) is 0 Å². The first kappa shape index (κ1) is 10.6. The van der Waals surface area contributed by atoms with Crippen molar-refractivity contribution in [3.05, 3.63) is 30.1 Å². The number of hydrogen-bond acceptors (Lipinski definition) is 2. The summed E-state index contributed by atoms with van der Waals surface area (Å²) in [5.41, 5.74) is 1.23.